The minimum Gasteiger partial charge on any atom is -0.391 e. The highest BCUT2D eigenvalue weighted by Crippen LogP contribution is 2.31. The van der Waals surface area contributed by atoms with E-state index in [2.05, 4.69) is 66.9 Å². The van der Waals surface area contributed by atoms with Crippen LogP contribution in [0.3, 0.4) is 0 Å². The zero-order valence-corrected chi connectivity index (χ0v) is 29.6. The monoisotopic (exact) mass is 690 g/mol. The molecule has 1 aromatic heterocycles. The van der Waals surface area contributed by atoms with Crippen molar-refractivity contribution in [1.82, 2.24) is 25.1 Å². The van der Waals surface area contributed by atoms with E-state index in [4.69, 9.17) is 17.3 Å². The van der Waals surface area contributed by atoms with Gasteiger partial charge in [-0.25, -0.2) is 18.4 Å². The van der Waals surface area contributed by atoms with Gasteiger partial charge < -0.3 is 26.0 Å². The molecule has 1 aromatic carbocycles. The number of aliphatic hydroxyl groups excluding tert-OH is 1. The number of hydrogen-bond acceptors (Lipinski definition) is 11. The second-order valence-electron chi connectivity index (χ2n) is 13.2. The normalized spacial score (nSPS) is 21.8. The quantitative estimate of drug-likeness (QED) is 0.283. The number of nitrogens with zero attached hydrogens (tertiary/aromatic N) is 6. The van der Waals surface area contributed by atoms with E-state index >= 15 is 0 Å². The molecule has 3 fully saturated rings. The van der Waals surface area contributed by atoms with Crippen molar-refractivity contribution in [2.24, 2.45) is 0 Å². The van der Waals surface area contributed by atoms with Crippen LogP contribution in [0.25, 0.3) is 0 Å². The number of aryl methyl sites for hydroxylation is 1. The number of nitrogens with two attached hydrogens (primary N) is 1. The first-order chi connectivity index (χ1) is 22.5. The van der Waals surface area contributed by atoms with E-state index in [0.29, 0.717) is 30.9 Å². The van der Waals surface area contributed by atoms with Gasteiger partial charge in [0.1, 0.15) is 9.84 Å². The number of rotatable bonds is 12. The Bertz CT molecular complexity index is 1500. The van der Waals surface area contributed by atoms with Crippen molar-refractivity contribution >= 4 is 44.7 Å². The van der Waals surface area contributed by atoms with E-state index in [1.165, 1.54) is 16.8 Å². The van der Waals surface area contributed by atoms with Gasteiger partial charge in [0.2, 0.25) is 0 Å². The molecule has 4 heterocycles. The number of sulfone groups is 1. The molecule has 0 saturated carbocycles. The number of amides is 1. The highest BCUT2D eigenvalue weighted by Gasteiger charge is 2.35. The van der Waals surface area contributed by atoms with Gasteiger partial charge in [-0.05, 0) is 69.3 Å². The topological polar surface area (TPSA) is 148 Å². The van der Waals surface area contributed by atoms with Gasteiger partial charge in [0, 0.05) is 69.3 Å². The smallest absolute Gasteiger partial charge is 0.273 e. The molecule has 2 atom stereocenters. The number of hydrogen-bond donors (Lipinski definition) is 3. The summed E-state index contributed by atoms with van der Waals surface area (Å²) in [6.45, 7) is 13.1. The predicted octanol–water partition coefficient (Wildman–Crippen LogP) is 2.71. The standard InChI is InChI=1S/C33H51ClN8O4S/c1-4-25-21-41(32-30(34)37-29(31(35)38-32)33(44)36-12-6-18-47(45,46)5-2)16-17-42(25)26-9-13-39(14-10-26)20-24-8-7-23(3)19-28(24)40-15-11-27(43)22-40/h7-8,19,25-27,43H,4-6,9-18,20-22H2,1-3H3,(H2,35,38)(H,36,44)/t25-,27+/m0/s1. The van der Waals surface area contributed by atoms with Crippen LogP contribution >= 0.6 is 11.6 Å². The Morgan fingerprint density at radius 1 is 1.06 bits per heavy atom. The van der Waals surface area contributed by atoms with Crippen LogP contribution in [0.2, 0.25) is 5.15 Å². The van der Waals surface area contributed by atoms with Gasteiger partial charge in [-0.3, -0.25) is 14.6 Å². The number of nitrogen functional groups attached to an aromatic ring is 1. The first kappa shape index (κ1) is 35.6. The lowest BCUT2D eigenvalue weighted by Crippen LogP contribution is -2.58. The lowest BCUT2D eigenvalue weighted by Gasteiger charge is -2.47. The van der Waals surface area contributed by atoms with Gasteiger partial charge in [-0.1, -0.05) is 37.6 Å². The molecule has 0 spiro atoms. The minimum atomic E-state index is -3.10. The molecule has 0 aliphatic carbocycles. The SMILES string of the molecule is CC[C@H]1CN(c2nc(N)c(C(=O)NCCCS(=O)(=O)CC)nc2Cl)CCN1C1CCN(Cc2ccc(C)cc2N2CC[C@@H](O)C2)CC1. The second kappa shape index (κ2) is 15.7. The van der Waals surface area contributed by atoms with Crippen molar-refractivity contribution in [2.45, 2.75) is 77.6 Å². The number of β-amino-alcohol motifs (C(OH)–C–C–N with tert-alkyl or cyclic N) is 1. The van der Waals surface area contributed by atoms with Crippen molar-refractivity contribution in [3.8, 4) is 0 Å². The molecule has 1 amide bonds. The van der Waals surface area contributed by atoms with Crippen LogP contribution in [0.5, 0.6) is 0 Å². The average Bonchev–Trinajstić information content (AvgIpc) is 3.50. The minimum absolute atomic E-state index is 0.00331. The number of anilines is 3. The van der Waals surface area contributed by atoms with Crippen LogP contribution in [-0.4, -0.2) is 121 Å². The Balaban J connectivity index is 1.15. The van der Waals surface area contributed by atoms with E-state index in [1.54, 1.807) is 6.92 Å². The lowest BCUT2D eigenvalue weighted by molar-refractivity contribution is 0.0611. The zero-order chi connectivity index (χ0) is 33.7. The van der Waals surface area contributed by atoms with Crippen LogP contribution in [0, 0.1) is 6.92 Å². The maximum atomic E-state index is 12.7. The summed E-state index contributed by atoms with van der Waals surface area (Å²) in [6.07, 6.45) is 4.11. The second-order valence-corrected chi connectivity index (χ2v) is 16.0. The fraction of sp³-hybridized carbons (Fsp3) is 0.667. The van der Waals surface area contributed by atoms with Gasteiger partial charge >= 0.3 is 0 Å². The number of piperidine rings is 1. The number of nitrogens with one attached hydrogen (secondary N) is 1. The van der Waals surface area contributed by atoms with Crippen LogP contribution in [0.15, 0.2) is 18.2 Å². The fourth-order valence-electron chi connectivity index (χ4n) is 7.13. The van der Waals surface area contributed by atoms with E-state index in [9.17, 15) is 18.3 Å². The number of aliphatic hydroxyl groups is 1. The Labute approximate surface area is 284 Å². The van der Waals surface area contributed by atoms with E-state index in [0.717, 1.165) is 71.5 Å². The zero-order valence-electron chi connectivity index (χ0n) is 28.0. The number of piperazine rings is 1. The summed E-state index contributed by atoms with van der Waals surface area (Å²) >= 11 is 6.58. The first-order valence-electron chi connectivity index (χ1n) is 17.0. The molecule has 0 unspecified atom stereocenters. The molecule has 47 heavy (non-hydrogen) atoms. The number of aromatic nitrogens is 2. The molecule has 12 nitrogen and oxygen atoms in total. The van der Waals surface area contributed by atoms with Crippen LogP contribution in [0.1, 0.15) is 67.6 Å². The Hall–Kier alpha value is -2.71. The van der Waals surface area contributed by atoms with Crippen LogP contribution < -0.4 is 20.9 Å². The molecule has 3 aliphatic rings. The van der Waals surface area contributed by atoms with Gasteiger partial charge in [0.05, 0.1) is 11.9 Å². The third-order valence-electron chi connectivity index (χ3n) is 9.90. The molecular weight excluding hydrogens is 640 g/mol. The predicted molar refractivity (Wildman–Crippen MR) is 188 cm³/mol. The number of carbonyl (C=O) groups is 1. The maximum absolute atomic E-state index is 12.7. The van der Waals surface area contributed by atoms with Crippen molar-refractivity contribution < 1.29 is 18.3 Å². The van der Waals surface area contributed by atoms with Crippen molar-refractivity contribution in [2.75, 3.05) is 79.4 Å². The van der Waals surface area contributed by atoms with Gasteiger partial charge in [0.15, 0.2) is 22.5 Å². The molecular formula is C33H51ClN8O4S. The van der Waals surface area contributed by atoms with Crippen molar-refractivity contribution in [1.29, 1.82) is 0 Å². The fourth-order valence-corrected chi connectivity index (χ4v) is 8.25. The summed E-state index contributed by atoms with van der Waals surface area (Å²) in [5.41, 5.74) is 9.99. The number of carbonyl (C=O) groups excluding carboxylic acids is 1. The third-order valence-corrected chi connectivity index (χ3v) is 11.9. The van der Waals surface area contributed by atoms with E-state index in [1.807, 2.05) is 0 Å². The molecule has 5 rings (SSSR count). The summed E-state index contributed by atoms with van der Waals surface area (Å²) < 4.78 is 23.4. The number of likely N-dealkylation sites (tertiary alicyclic amines) is 1. The first-order valence-corrected chi connectivity index (χ1v) is 19.2. The lowest BCUT2D eigenvalue weighted by atomic mass is 9.97. The van der Waals surface area contributed by atoms with Crippen molar-refractivity contribution in [3.63, 3.8) is 0 Å². The molecule has 0 radical (unpaired) electrons. The van der Waals surface area contributed by atoms with Gasteiger partial charge in [0.25, 0.3) is 5.91 Å². The van der Waals surface area contributed by atoms with Crippen molar-refractivity contribution in [3.05, 3.63) is 40.2 Å². The Morgan fingerprint density at radius 3 is 2.51 bits per heavy atom. The molecule has 3 aliphatic heterocycles. The van der Waals surface area contributed by atoms with E-state index in [-0.39, 0.29) is 40.8 Å². The maximum Gasteiger partial charge on any atom is 0.273 e. The van der Waals surface area contributed by atoms with E-state index < -0.39 is 15.7 Å². The summed E-state index contributed by atoms with van der Waals surface area (Å²) in [4.78, 5) is 31.2. The van der Waals surface area contributed by atoms with Gasteiger partial charge in [-0.15, -0.1) is 0 Å². The third kappa shape index (κ3) is 8.86. The Morgan fingerprint density at radius 2 is 1.83 bits per heavy atom. The summed E-state index contributed by atoms with van der Waals surface area (Å²) in [5, 5.41) is 12.9. The molecule has 0 bridgehead atoms. The summed E-state index contributed by atoms with van der Waals surface area (Å²) in [6, 6.07) is 7.56. The molecule has 2 aromatic rings. The molecule has 14 heteroatoms. The molecule has 4 N–H and O–H groups in total. The highest BCUT2D eigenvalue weighted by molar-refractivity contribution is 7.91. The summed E-state index contributed by atoms with van der Waals surface area (Å²) in [5.74, 6) is 0.0533. The largest absolute Gasteiger partial charge is 0.391 e. The highest BCUT2D eigenvalue weighted by atomic mass is 35.5. The molecule has 260 valence electrons. The summed E-state index contributed by atoms with van der Waals surface area (Å²) in [7, 11) is -3.10. The average molecular weight is 691 g/mol. The number of benzene rings is 1. The van der Waals surface area contributed by atoms with Crippen LogP contribution in [-0.2, 0) is 16.4 Å². The van der Waals surface area contributed by atoms with Gasteiger partial charge in [-0.2, -0.15) is 0 Å². The Kier molecular flexibility index (Phi) is 11.9. The number of halogens is 1. The molecule has 3 saturated heterocycles. The van der Waals surface area contributed by atoms with Crippen LogP contribution in [0.4, 0.5) is 17.3 Å².